The van der Waals surface area contributed by atoms with Crippen molar-refractivity contribution < 1.29 is 0 Å². The topological polar surface area (TPSA) is 12.4 Å². The molecule has 0 spiro atoms. The number of rotatable bonds is 4. The molecule has 110 valence electrons. The van der Waals surface area contributed by atoms with E-state index in [4.69, 9.17) is 4.99 Å². The van der Waals surface area contributed by atoms with E-state index >= 15 is 0 Å². The summed E-state index contributed by atoms with van der Waals surface area (Å²) in [5.74, 6) is 1.21. The zero-order chi connectivity index (χ0) is 14.7. The van der Waals surface area contributed by atoms with Crippen molar-refractivity contribution in [3.63, 3.8) is 0 Å². The van der Waals surface area contributed by atoms with E-state index in [2.05, 4.69) is 37.8 Å². The first-order valence-corrected chi connectivity index (χ1v) is 8.28. The average Bonchev–Trinajstić information content (AvgIpc) is 2.95. The normalized spacial score (nSPS) is 26.0. The van der Waals surface area contributed by atoms with Crippen molar-refractivity contribution in [3.05, 3.63) is 59.9 Å². The van der Waals surface area contributed by atoms with Gasteiger partial charge in [-0.1, -0.05) is 69.1 Å². The molecule has 1 unspecified atom stereocenters. The number of nitrogens with zero attached hydrogens (tertiary/aromatic N) is 1. The molecule has 1 heteroatoms. The fourth-order valence-corrected chi connectivity index (χ4v) is 3.82. The van der Waals surface area contributed by atoms with Crippen LogP contribution in [0.2, 0.25) is 0 Å². The van der Waals surface area contributed by atoms with E-state index in [0.717, 1.165) is 5.92 Å². The van der Waals surface area contributed by atoms with Crippen molar-refractivity contribution in [2.45, 2.75) is 45.4 Å². The Kier molecular flexibility index (Phi) is 4.38. The smallest absolute Gasteiger partial charge is 0.0549 e. The van der Waals surface area contributed by atoms with Gasteiger partial charge in [0.25, 0.3) is 0 Å². The SMILES string of the molecule is C=C/C(=C\C)C1=CN=C2C(CC3CCCCC3)=CC=CC12. The summed E-state index contributed by atoms with van der Waals surface area (Å²) in [6.07, 6.45) is 21.1. The number of hydrogen-bond acceptors (Lipinski definition) is 1. The molecule has 1 saturated carbocycles. The molecule has 0 N–H and O–H groups in total. The summed E-state index contributed by atoms with van der Waals surface area (Å²) >= 11 is 0. The molecule has 0 bridgehead atoms. The zero-order valence-electron chi connectivity index (χ0n) is 13.0. The fourth-order valence-electron chi connectivity index (χ4n) is 3.82. The molecule has 21 heavy (non-hydrogen) atoms. The highest BCUT2D eigenvalue weighted by molar-refractivity contribution is 6.08. The Balaban J connectivity index is 1.74. The van der Waals surface area contributed by atoms with Crippen molar-refractivity contribution in [1.29, 1.82) is 0 Å². The van der Waals surface area contributed by atoms with Crippen molar-refractivity contribution in [2.24, 2.45) is 16.8 Å². The van der Waals surface area contributed by atoms with Crippen LogP contribution in [0.15, 0.2) is 64.9 Å². The molecule has 1 aliphatic heterocycles. The van der Waals surface area contributed by atoms with Crippen LogP contribution in [0.1, 0.15) is 45.4 Å². The standard InChI is InChI=1S/C20H25N/c1-3-16(4-2)19-14-21-20-17(11-8-12-18(19)20)13-15-9-6-5-7-10-15/h3-4,8,11-12,14-15,18H,1,5-7,9-10,13H2,2H3/b16-4+. The maximum atomic E-state index is 4.75. The van der Waals surface area contributed by atoms with Gasteiger partial charge in [0.1, 0.15) is 0 Å². The van der Waals surface area contributed by atoms with Crippen molar-refractivity contribution in [3.8, 4) is 0 Å². The van der Waals surface area contributed by atoms with Gasteiger partial charge >= 0.3 is 0 Å². The number of allylic oxidation sites excluding steroid dienone is 8. The molecule has 0 aromatic rings. The summed E-state index contributed by atoms with van der Waals surface area (Å²) in [5.41, 5.74) is 5.25. The first kappa shape index (κ1) is 14.3. The molecule has 1 nitrogen and oxygen atoms in total. The number of hydrogen-bond donors (Lipinski definition) is 0. The summed E-state index contributed by atoms with van der Waals surface area (Å²) in [4.78, 5) is 4.75. The summed E-state index contributed by atoms with van der Waals surface area (Å²) in [7, 11) is 0. The van der Waals surface area contributed by atoms with Crippen LogP contribution in [0.25, 0.3) is 0 Å². The van der Waals surface area contributed by atoms with Crippen LogP contribution in [0.3, 0.4) is 0 Å². The lowest BCUT2D eigenvalue weighted by atomic mass is 9.78. The van der Waals surface area contributed by atoms with Crippen molar-refractivity contribution in [1.82, 2.24) is 0 Å². The third kappa shape index (κ3) is 2.88. The van der Waals surface area contributed by atoms with Gasteiger partial charge in [-0.15, -0.1) is 0 Å². The number of aliphatic imine (C=N–C) groups is 1. The molecule has 2 aliphatic carbocycles. The molecule has 0 radical (unpaired) electrons. The Bertz CT molecular complexity index is 563. The Morgan fingerprint density at radius 2 is 2.14 bits per heavy atom. The lowest BCUT2D eigenvalue weighted by Gasteiger charge is -2.26. The lowest BCUT2D eigenvalue weighted by molar-refractivity contribution is 0.358. The first-order valence-electron chi connectivity index (χ1n) is 8.28. The van der Waals surface area contributed by atoms with Crippen molar-refractivity contribution in [2.75, 3.05) is 0 Å². The van der Waals surface area contributed by atoms with Gasteiger partial charge in [-0.05, 0) is 36.0 Å². The summed E-state index contributed by atoms with van der Waals surface area (Å²) in [6.45, 7) is 6.00. The molecule has 1 heterocycles. The predicted molar refractivity (Wildman–Crippen MR) is 91.4 cm³/mol. The van der Waals surface area contributed by atoms with Crippen LogP contribution in [0.4, 0.5) is 0 Å². The van der Waals surface area contributed by atoms with E-state index in [0.29, 0.717) is 5.92 Å². The van der Waals surface area contributed by atoms with E-state index in [9.17, 15) is 0 Å². The lowest BCUT2D eigenvalue weighted by Crippen LogP contribution is -2.19. The van der Waals surface area contributed by atoms with Crippen LogP contribution >= 0.6 is 0 Å². The van der Waals surface area contributed by atoms with Gasteiger partial charge < -0.3 is 0 Å². The third-order valence-corrected chi connectivity index (χ3v) is 5.00. The second-order valence-electron chi connectivity index (χ2n) is 6.31. The van der Waals surface area contributed by atoms with Crippen LogP contribution < -0.4 is 0 Å². The van der Waals surface area contributed by atoms with Gasteiger partial charge in [-0.2, -0.15) is 0 Å². The van der Waals surface area contributed by atoms with Crippen LogP contribution in [0.5, 0.6) is 0 Å². The minimum absolute atomic E-state index is 0.345. The Hall–Kier alpha value is -1.63. The molecule has 0 aromatic carbocycles. The minimum Gasteiger partial charge on any atom is -0.260 e. The largest absolute Gasteiger partial charge is 0.260 e. The van der Waals surface area contributed by atoms with E-state index in [1.165, 1.54) is 61.0 Å². The highest BCUT2D eigenvalue weighted by Gasteiger charge is 2.29. The highest BCUT2D eigenvalue weighted by Crippen LogP contribution is 2.37. The predicted octanol–water partition coefficient (Wildman–Crippen LogP) is 5.54. The minimum atomic E-state index is 0.345. The van der Waals surface area contributed by atoms with E-state index in [-0.39, 0.29) is 0 Å². The van der Waals surface area contributed by atoms with Crippen LogP contribution in [0, 0.1) is 11.8 Å². The van der Waals surface area contributed by atoms with Gasteiger partial charge in [-0.3, -0.25) is 4.99 Å². The zero-order valence-corrected chi connectivity index (χ0v) is 13.0. The summed E-state index contributed by atoms with van der Waals surface area (Å²) < 4.78 is 0. The fraction of sp³-hybridized carbons (Fsp3) is 0.450. The van der Waals surface area contributed by atoms with E-state index in [1.807, 2.05) is 12.3 Å². The molecule has 3 rings (SSSR count). The number of fused-ring (bicyclic) bond motifs is 1. The van der Waals surface area contributed by atoms with Gasteiger partial charge in [0, 0.05) is 12.1 Å². The van der Waals surface area contributed by atoms with E-state index < -0.39 is 0 Å². The van der Waals surface area contributed by atoms with Gasteiger partial charge in [0.15, 0.2) is 0 Å². The van der Waals surface area contributed by atoms with Gasteiger partial charge in [-0.25, -0.2) is 0 Å². The first-order chi connectivity index (χ1) is 10.3. The second-order valence-corrected chi connectivity index (χ2v) is 6.31. The molecule has 0 amide bonds. The third-order valence-electron chi connectivity index (χ3n) is 5.00. The maximum absolute atomic E-state index is 4.75. The monoisotopic (exact) mass is 279 g/mol. The molecular weight excluding hydrogens is 254 g/mol. The van der Waals surface area contributed by atoms with Crippen LogP contribution in [-0.4, -0.2) is 5.71 Å². The molecule has 0 saturated heterocycles. The molecule has 1 fully saturated rings. The molecule has 3 aliphatic rings. The Morgan fingerprint density at radius 1 is 1.33 bits per heavy atom. The highest BCUT2D eigenvalue weighted by atomic mass is 14.8. The summed E-state index contributed by atoms with van der Waals surface area (Å²) in [5, 5.41) is 0. The maximum Gasteiger partial charge on any atom is 0.0549 e. The molecule has 0 aromatic heterocycles. The molecular formula is C20H25N. The second kappa shape index (κ2) is 6.43. The van der Waals surface area contributed by atoms with E-state index in [1.54, 1.807) is 0 Å². The average molecular weight is 279 g/mol. The quantitative estimate of drug-likeness (QED) is 0.599. The van der Waals surface area contributed by atoms with Gasteiger partial charge in [0.2, 0.25) is 0 Å². The van der Waals surface area contributed by atoms with Crippen molar-refractivity contribution >= 4 is 5.71 Å². The van der Waals surface area contributed by atoms with Gasteiger partial charge in [0.05, 0.1) is 5.71 Å². The Morgan fingerprint density at radius 3 is 2.86 bits per heavy atom. The summed E-state index contributed by atoms with van der Waals surface area (Å²) in [6, 6.07) is 0. The molecule has 1 atom stereocenters. The Labute approximate surface area is 128 Å². The van der Waals surface area contributed by atoms with Crippen LogP contribution in [-0.2, 0) is 0 Å².